The lowest BCUT2D eigenvalue weighted by molar-refractivity contribution is 0.0383. The molecule has 0 unspecified atom stereocenters. The monoisotopic (exact) mass is 382 g/mol. The minimum Gasteiger partial charge on any atom is -0.379 e. The Balaban J connectivity index is 1.57. The van der Waals surface area contributed by atoms with E-state index in [4.69, 9.17) is 4.74 Å². The van der Waals surface area contributed by atoms with Crippen molar-refractivity contribution in [1.29, 1.82) is 0 Å². The third-order valence-electron chi connectivity index (χ3n) is 5.01. The molecule has 6 heteroatoms. The van der Waals surface area contributed by atoms with Gasteiger partial charge in [-0.1, -0.05) is 32.0 Å². The smallest absolute Gasteiger partial charge is 0.269 e. The number of nitrogens with one attached hydrogen (secondary N) is 2. The highest BCUT2D eigenvalue weighted by atomic mass is 16.5. The number of anilines is 2. The predicted octanol–water partition coefficient (Wildman–Crippen LogP) is 3.32. The van der Waals surface area contributed by atoms with Gasteiger partial charge in [0, 0.05) is 31.9 Å². The van der Waals surface area contributed by atoms with E-state index < -0.39 is 0 Å². The van der Waals surface area contributed by atoms with E-state index in [1.165, 1.54) is 11.1 Å². The van der Waals surface area contributed by atoms with Gasteiger partial charge in [0.25, 0.3) is 5.91 Å². The van der Waals surface area contributed by atoms with Crippen molar-refractivity contribution < 1.29 is 9.53 Å². The maximum Gasteiger partial charge on any atom is 0.269 e. The topological polar surface area (TPSA) is 66.5 Å². The number of para-hydroxylation sites is 1. The number of pyridine rings is 1. The highest BCUT2D eigenvalue weighted by molar-refractivity contribution is 5.92. The molecule has 1 amide bonds. The van der Waals surface area contributed by atoms with Crippen molar-refractivity contribution in [2.45, 2.75) is 26.7 Å². The fraction of sp³-hybridized carbons (Fsp3) is 0.455. The van der Waals surface area contributed by atoms with Gasteiger partial charge in [-0.2, -0.15) is 0 Å². The van der Waals surface area contributed by atoms with Gasteiger partial charge in [0.15, 0.2) is 0 Å². The van der Waals surface area contributed by atoms with Gasteiger partial charge in [0.1, 0.15) is 5.69 Å². The minimum atomic E-state index is -0.140. The Kier molecular flexibility index (Phi) is 7.01. The molecule has 6 nitrogen and oxygen atoms in total. The average molecular weight is 383 g/mol. The summed E-state index contributed by atoms with van der Waals surface area (Å²) >= 11 is 0. The first-order valence-electron chi connectivity index (χ1n) is 9.95. The first-order chi connectivity index (χ1) is 13.5. The minimum absolute atomic E-state index is 0.140. The van der Waals surface area contributed by atoms with Crippen LogP contribution in [0.3, 0.4) is 0 Å². The van der Waals surface area contributed by atoms with Crippen LogP contribution in [0.4, 0.5) is 11.4 Å². The van der Waals surface area contributed by atoms with Crippen LogP contribution in [-0.2, 0) is 4.74 Å². The fourth-order valence-electron chi connectivity index (χ4n) is 3.33. The molecule has 1 aliphatic rings. The first kappa shape index (κ1) is 20.3. The van der Waals surface area contributed by atoms with Gasteiger partial charge < -0.3 is 15.4 Å². The van der Waals surface area contributed by atoms with Crippen LogP contribution < -0.4 is 10.6 Å². The number of rotatable bonds is 7. The van der Waals surface area contributed by atoms with E-state index >= 15 is 0 Å². The second-order valence-corrected chi connectivity index (χ2v) is 7.46. The molecule has 0 radical (unpaired) electrons. The highest BCUT2D eigenvalue weighted by Crippen LogP contribution is 2.29. The van der Waals surface area contributed by atoms with Crippen molar-refractivity contribution in [3.05, 3.63) is 53.3 Å². The second kappa shape index (κ2) is 9.66. The molecule has 0 atom stereocenters. The Morgan fingerprint density at radius 1 is 1.21 bits per heavy atom. The van der Waals surface area contributed by atoms with E-state index in [-0.39, 0.29) is 5.91 Å². The number of benzene rings is 1. The van der Waals surface area contributed by atoms with Crippen molar-refractivity contribution >= 4 is 17.3 Å². The number of ether oxygens (including phenoxy) is 1. The van der Waals surface area contributed by atoms with E-state index in [1.807, 2.05) is 6.07 Å². The molecule has 1 fully saturated rings. The molecule has 3 rings (SSSR count). The van der Waals surface area contributed by atoms with Gasteiger partial charge in [0.2, 0.25) is 0 Å². The lowest BCUT2D eigenvalue weighted by atomic mass is 9.98. The van der Waals surface area contributed by atoms with Crippen LogP contribution in [0.1, 0.15) is 41.4 Å². The molecule has 28 heavy (non-hydrogen) atoms. The van der Waals surface area contributed by atoms with Crippen molar-refractivity contribution in [3.63, 3.8) is 0 Å². The summed E-state index contributed by atoms with van der Waals surface area (Å²) in [6, 6.07) is 9.99. The lowest BCUT2D eigenvalue weighted by Gasteiger charge is -2.26. The summed E-state index contributed by atoms with van der Waals surface area (Å²) in [5.74, 6) is 0.283. The molecular formula is C22H30N4O2. The van der Waals surface area contributed by atoms with Gasteiger partial charge in [-0.3, -0.25) is 9.69 Å². The SMILES string of the molecule is Cc1cccc(C(C)C)c1Nc1ccc(C(=O)NCCN2CCOCC2)nc1. The Morgan fingerprint density at radius 3 is 2.68 bits per heavy atom. The number of nitrogens with zero attached hydrogens (tertiary/aromatic N) is 2. The standard InChI is InChI=1S/C22H30N4O2/c1-16(2)19-6-4-5-17(3)21(19)25-18-7-8-20(24-15-18)22(27)23-9-10-26-11-13-28-14-12-26/h4-8,15-16,25H,9-14H2,1-3H3,(H,23,27). The molecule has 2 heterocycles. The molecule has 0 spiro atoms. The number of hydrogen-bond acceptors (Lipinski definition) is 5. The Hall–Kier alpha value is -2.44. The zero-order chi connectivity index (χ0) is 19.9. The summed E-state index contributed by atoms with van der Waals surface area (Å²) in [6.45, 7) is 11.3. The average Bonchev–Trinajstić information content (AvgIpc) is 2.70. The van der Waals surface area contributed by atoms with Crippen molar-refractivity contribution in [2.24, 2.45) is 0 Å². The normalized spacial score (nSPS) is 14.9. The van der Waals surface area contributed by atoms with E-state index in [1.54, 1.807) is 12.3 Å². The van der Waals surface area contributed by atoms with Crippen molar-refractivity contribution in [3.8, 4) is 0 Å². The van der Waals surface area contributed by atoms with Crippen molar-refractivity contribution in [1.82, 2.24) is 15.2 Å². The van der Waals surface area contributed by atoms with E-state index in [9.17, 15) is 4.79 Å². The maximum atomic E-state index is 12.3. The van der Waals surface area contributed by atoms with Crippen LogP contribution in [0.25, 0.3) is 0 Å². The Bertz CT molecular complexity index is 784. The number of hydrogen-bond donors (Lipinski definition) is 2. The third kappa shape index (κ3) is 5.30. The third-order valence-corrected chi connectivity index (χ3v) is 5.01. The largest absolute Gasteiger partial charge is 0.379 e. The van der Waals surface area contributed by atoms with Crippen LogP contribution in [-0.4, -0.2) is 55.2 Å². The molecule has 1 aromatic carbocycles. The van der Waals surface area contributed by atoms with Crippen LogP contribution in [0.5, 0.6) is 0 Å². The highest BCUT2D eigenvalue weighted by Gasteiger charge is 2.13. The number of morpholine rings is 1. The summed E-state index contributed by atoms with van der Waals surface area (Å²) < 4.78 is 5.33. The second-order valence-electron chi connectivity index (χ2n) is 7.46. The molecule has 0 saturated carbocycles. The van der Waals surface area contributed by atoms with Gasteiger partial charge in [-0.05, 0) is 36.1 Å². The molecule has 1 saturated heterocycles. The van der Waals surface area contributed by atoms with Crippen LogP contribution in [0.2, 0.25) is 0 Å². The summed E-state index contributed by atoms with van der Waals surface area (Å²) in [4.78, 5) is 18.9. The molecule has 150 valence electrons. The zero-order valence-corrected chi connectivity index (χ0v) is 17.0. The summed E-state index contributed by atoms with van der Waals surface area (Å²) in [7, 11) is 0. The molecule has 2 aromatic rings. The fourth-order valence-corrected chi connectivity index (χ4v) is 3.33. The molecular weight excluding hydrogens is 352 g/mol. The first-order valence-corrected chi connectivity index (χ1v) is 9.95. The number of carbonyl (C=O) groups is 1. The summed E-state index contributed by atoms with van der Waals surface area (Å²) in [5, 5.41) is 6.41. The quantitative estimate of drug-likeness (QED) is 0.769. The predicted molar refractivity (Wildman–Crippen MR) is 112 cm³/mol. The van der Waals surface area contributed by atoms with Crippen LogP contribution in [0, 0.1) is 6.92 Å². The number of aromatic nitrogens is 1. The zero-order valence-electron chi connectivity index (χ0n) is 17.0. The molecule has 0 bridgehead atoms. The molecule has 1 aliphatic heterocycles. The van der Waals surface area contributed by atoms with Crippen LogP contribution in [0.15, 0.2) is 36.5 Å². The Labute approximate surface area is 167 Å². The van der Waals surface area contributed by atoms with E-state index in [2.05, 4.69) is 59.5 Å². The maximum absolute atomic E-state index is 12.3. The van der Waals surface area contributed by atoms with E-state index in [0.717, 1.165) is 44.2 Å². The summed E-state index contributed by atoms with van der Waals surface area (Å²) in [5.41, 5.74) is 4.88. The lowest BCUT2D eigenvalue weighted by Crippen LogP contribution is -2.41. The van der Waals surface area contributed by atoms with Gasteiger partial charge >= 0.3 is 0 Å². The van der Waals surface area contributed by atoms with Gasteiger partial charge in [-0.25, -0.2) is 4.98 Å². The van der Waals surface area contributed by atoms with Crippen LogP contribution >= 0.6 is 0 Å². The molecule has 2 N–H and O–H groups in total. The number of aryl methyl sites for hydroxylation is 1. The molecule has 0 aliphatic carbocycles. The van der Waals surface area contributed by atoms with Crippen molar-refractivity contribution in [2.75, 3.05) is 44.7 Å². The summed E-state index contributed by atoms with van der Waals surface area (Å²) in [6.07, 6.45) is 1.72. The van der Waals surface area contributed by atoms with Gasteiger partial charge in [-0.15, -0.1) is 0 Å². The van der Waals surface area contributed by atoms with E-state index in [0.29, 0.717) is 18.2 Å². The van der Waals surface area contributed by atoms with Gasteiger partial charge in [0.05, 0.1) is 25.1 Å². The molecule has 1 aromatic heterocycles. The Morgan fingerprint density at radius 2 is 2.00 bits per heavy atom. The number of carbonyl (C=O) groups excluding carboxylic acids is 1. The number of amides is 1.